The van der Waals surface area contributed by atoms with Gasteiger partial charge in [0.05, 0.1) is 0 Å². The second kappa shape index (κ2) is 5.45. The summed E-state index contributed by atoms with van der Waals surface area (Å²) in [5.74, 6) is 1.59. The van der Waals surface area contributed by atoms with Crippen LogP contribution in [0.2, 0.25) is 0 Å². The molecule has 3 atom stereocenters. The number of hydrogen-bond acceptors (Lipinski definition) is 2. The summed E-state index contributed by atoms with van der Waals surface area (Å²) in [7, 11) is 0. The van der Waals surface area contributed by atoms with E-state index in [4.69, 9.17) is 5.73 Å². The van der Waals surface area contributed by atoms with E-state index in [0.29, 0.717) is 6.54 Å². The molecule has 2 nitrogen and oxygen atoms in total. The lowest BCUT2D eigenvalue weighted by Crippen LogP contribution is -2.52. The molecule has 0 amide bonds. The maximum Gasteiger partial charge on any atom is 0.123 e. The van der Waals surface area contributed by atoms with Crippen LogP contribution in [0.15, 0.2) is 24.3 Å². The molecule has 110 valence electrons. The van der Waals surface area contributed by atoms with Crippen molar-refractivity contribution in [3.8, 4) is 0 Å². The summed E-state index contributed by atoms with van der Waals surface area (Å²) in [5.41, 5.74) is 7.10. The molecule has 1 heterocycles. The van der Waals surface area contributed by atoms with E-state index < -0.39 is 0 Å². The van der Waals surface area contributed by atoms with Crippen LogP contribution in [0.5, 0.6) is 0 Å². The standard InChI is InChI=1S/C17H25FN2/c1-17(12-19,9-13-4-2-7-16(18)8-13)20-10-14-5-3-6-15(14)11-20/h2,4,7-8,14-15H,3,5-6,9-12,19H2,1H3. The summed E-state index contributed by atoms with van der Waals surface area (Å²) in [6.45, 7) is 5.21. The van der Waals surface area contributed by atoms with Crippen LogP contribution < -0.4 is 5.73 Å². The van der Waals surface area contributed by atoms with Crippen molar-refractivity contribution in [1.29, 1.82) is 0 Å². The van der Waals surface area contributed by atoms with Crippen molar-refractivity contribution in [1.82, 2.24) is 4.90 Å². The number of hydrogen-bond donors (Lipinski definition) is 1. The predicted molar refractivity (Wildman–Crippen MR) is 80.0 cm³/mol. The molecule has 1 saturated heterocycles. The van der Waals surface area contributed by atoms with Crippen molar-refractivity contribution in [2.75, 3.05) is 19.6 Å². The van der Waals surface area contributed by atoms with Gasteiger partial charge in [0.1, 0.15) is 5.82 Å². The first-order valence-electron chi connectivity index (χ1n) is 7.80. The highest BCUT2D eigenvalue weighted by atomic mass is 19.1. The molecule has 0 aromatic heterocycles. The van der Waals surface area contributed by atoms with Gasteiger partial charge in [-0.2, -0.15) is 0 Å². The molecule has 0 radical (unpaired) electrons. The van der Waals surface area contributed by atoms with Crippen LogP contribution in [0.25, 0.3) is 0 Å². The summed E-state index contributed by atoms with van der Waals surface area (Å²) in [5, 5.41) is 0. The summed E-state index contributed by atoms with van der Waals surface area (Å²) in [6.07, 6.45) is 4.98. The predicted octanol–water partition coefficient (Wildman–Crippen LogP) is 2.82. The molecule has 2 N–H and O–H groups in total. The highest BCUT2D eigenvalue weighted by Crippen LogP contribution is 2.40. The third-order valence-corrected chi connectivity index (χ3v) is 5.40. The third kappa shape index (κ3) is 2.61. The first kappa shape index (κ1) is 14.0. The topological polar surface area (TPSA) is 29.3 Å². The van der Waals surface area contributed by atoms with Gasteiger partial charge < -0.3 is 5.73 Å². The number of nitrogens with two attached hydrogens (primary N) is 1. The van der Waals surface area contributed by atoms with Gasteiger partial charge in [-0.05, 0) is 55.7 Å². The molecule has 2 aliphatic rings. The minimum Gasteiger partial charge on any atom is -0.329 e. The lowest BCUT2D eigenvalue weighted by atomic mass is 9.91. The summed E-state index contributed by atoms with van der Waals surface area (Å²) < 4.78 is 13.4. The largest absolute Gasteiger partial charge is 0.329 e. The summed E-state index contributed by atoms with van der Waals surface area (Å²) in [4.78, 5) is 2.56. The van der Waals surface area contributed by atoms with Crippen LogP contribution in [0.1, 0.15) is 31.7 Å². The van der Waals surface area contributed by atoms with Gasteiger partial charge in [-0.1, -0.05) is 18.6 Å². The Morgan fingerprint density at radius 3 is 2.60 bits per heavy atom. The number of likely N-dealkylation sites (tertiary alicyclic amines) is 1. The number of fused-ring (bicyclic) bond motifs is 1. The van der Waals surface area contributed by atoms with E-state index in [1.54, 1.807) is 12.1 Å². The fraction of sp³-hybridized carbons (Fsp3) is 0.647. The van der Waals surface area contributed by atoms with Crippen LogP contribution in [-0.4, -0.2) is 30.1 Å². The lowest BCUT2D eigenvalue weighted by molar-refractivity contribution is 0.131. The van der Waals surface area contributed by atoms with Gasteiger partial charge in [0.2, 0.25) is 0 Å². The highest BCUT2D eigenvalue weighted by molar-refractivity contribution is 5.19. The molecular weight excluding hydrogens is 251 g/mol. The zero-order valence-corrected chi connectivity index (χ0v) is 12.3. The first-order valence-corrected chi connectivity index (χ1v) is 7.80. The average molecular weight is 276 g/mol. The van der Waals surface area contributed by atoms with E-state index in [0.717, 1.165) is 23.8 Å². The van der Waals surface area contributed by atoms with E-state index in [-0.39, 0.29) is 11.4 Å². The molecule has 1 aromatic carbocycles. The van der Waals surface area contributed by atoms with Crippen LogP contribution in [0.4, 0.5) is 4.39 Å². The van der Waals surface area contributed by atoms with Crippen LogP contribution >= 0.6 is 0 Å². The number of nitrogens with zero attached hydrogens (tertiary/aromatic N) is 1. The Balaban J connectivity index is 1.74. The van der Waals surface area contributed by atoms with Crippen molar-refractivity contribution in [2.24, 2.45) is 17.6 Å². The Hall–Kier alpha value is -0.930. The van der Waals surface area contributed by atoms with Crippen LogP contribution in [-0.2, 0) is 6.42 Å². The Kier molecular flexibility index (Phi) is 3.83. The fourth-order valence-corrected chi connectivity index (χ4v) is 4.08. The van der Waals surface area contributed by atoms with Gasteiger partial charge in [-0.15, -0.1) is 0 Å². The third-order valence-electron chi connectivity index (χ3n) is 5.40. The normalized spacial score (nSPS) is 29.4. The number of rotatable bonds is 4. The van der Waals surface area contributed by atoms with Crippen LogP contribution in [0.3, 0.4) is 0 Å². The average Bonchev–Trinajstić information content (AvgIpc) is 2.99. The van der Waals surface area contributed by atoms with E-state index in [9.17, 15) is 4.39 Å². The maximum absolute atomic E-state index is 13.4. The molecule has 1 aromatic rings. The Morgan fingerprint density at radius 1 is 1.30 bits per heavy atom. The minimum absolute atomic E-state index is 0.0435. The van der Waals surface area contributed by atoms with Crippen molar-refractivity contribution in [3.63, 3.8) is 0 Å². The smallest absolute Gasteiger partial charge is 0.123 e. The zero-order valence-electron chi connectivity index (χ0n) is 12.3. The van der Waals surface area contributed by atoms with E-state index in [1.807, 2.05) is 6.07 Å². The second-order valence-electron chi connectivity index (χ2n) is 6.86. The van der Waals surface area contributed by atoms with Gasteiger partial charge in [-0.25, -0.2) is 4.39 Å². The molecule has 0 bridgehead atoms. The Bertz CT molecular complexity index is 464. The van der Waals surface area contributed by atoms with Crippen LogP contribution in [0, 0.1) is 17.7 Å². The van der Waals surface area contributed by atoms with E-state index in [1.165, 1.54) is 38.4 Å². The summed E-state index contributed by atoms with van der Waals surface area (Å²) in [6, 6.07) is 6.95. The first-order chi connectivity index (χ1) is 9.60. The highest BCUT2D eigenvalue weighted by Gasteiger charge is 2.42. The van der Waals surface area contributed by atoms with Gasteiger partial charge in [0.15, 0.2) is 0 Å². The fourth-order valence-electron chi connectivity index (χ4n) is 4.08. The molecule has 3 heteroatoms. The quantitative estimate of drug-likeness (QED) is 0.916. The molecule has 1 saturated carbocycles. The van der Waals surface area contributed by atoms with Crippen molar-refractivity contribution < 1.29 is 4.39 Å². The molecule has 0 spiro atoms. The van der Waals surface area contributed by atoms with Gasteiger partial charge in [-0.3, -0.25) is 4.90 Å². The molecule has 2 fully saturated rings. The molecular formula is C17H25FN2. The Morgan fingerprint density at radius 2 is 2.00 bits per heavy atom. The van der Waals surface area contributed by atoms with Gasteiger partial charge in [0.25, 0.3) is 0 Å². The zero-order chi connectivity index (χ0) is 14.2. The van der Waals surface area contributed by atoms with Gasteiger partial charge >= 0.3 is 0 Å². The van der Waals surface area contributed by atoms with Gasteiger partial charge in [0, 0.05) is 25.2 Å². The van der Waals surface area contributed by atoms with Crippen molar-refractivity contribution >= 4 is 0 Å². The van der Waals surface area contributed by atoms with E-state index in [2.05, 4.69) is 11.8 Å². The van der Waals surface area contributed by atoms with E-state index >= 15 is 0 Å². The Labute approximate surface area is 121 Å². The number of benzene rings is 1. The van der Waals surface area contributed by atoms with Crippen molar-refractivity contribution in [3.05, 3.63) is 35.6 Å². The number of halogens is 1. The molecule has 3 rings (SSSR count). The molecule has 20 heavy (non-hydrogen) atoms. The second-order valence-corrected chi connectivity index (χ2v) is 6.86. The van der Waals surface area contributed by atoms with Crippen molar-refractivity contribution in [2.45, 2.75) is 38.1 Å². The lowest BCUT2D eigenvalue weighted by Gasteiger charge is -2.39. The summed E-state index contributed by atoms with van der Waals surface area (Å²) >= 11 is 0. The SMILES string of the molecule is CC(CN)(Cc1cccc(F)c1)N1CC2CCCC2C1. The minimum atomic E-state index is -0.153. The monoisotopic (exact) mass is 276 g/mol. The maximum atomic E-state index is 13.4. The molecule has 1 aliphatic heterocycles. The molecule has 3 unspecified atom stereocenters. The molecule has 1 aliphatic carbocycles.